The second kappa shape index (κ2) is 4.43. The quantitative estimate of drug-likeness (QED) is 0.626. The van der Waals surface area contributed by atoms with Crippen LogP contribution in [0.25, 0.3) is 0 Å². The third-order valence-electron chi connectivity index (χ3n) is 3.26. The lowest BCUT2D eigenvalue weighted by molar-refractivity contribution is -0.0181. The minimum atomic E-state index is 0.430. The van der Waals surface area contributed by atoms with Gasteiger partial charge in [-0.1, -0.05) is 26.2 Å². The van der Waals surface area contributed by atoms with Crippen LogP contribution in [0.15, 0.2) is 0 Å². The summed E-state index contributed by atoms with van der Waals surface area (Å²) in [4.78, 5) is 0. The predicted molar refractivity (Wildman–Crippen MR) is 51.7 cm³/mol. The largest absolute Gasteiger partial charge is 0.375 e. The maximum Gasteiger partial charge on any atom is 0.104 e. The highest BCUT2D eigenvalue weighted by atomic mass is 16.6. The van der Waals surface area contributed by atoms with Crippen molar-refractivity contribution < 1.29 is 9.47 Å². The molecule has 2 rings (SSSR count). The summed E-state index contributed by atoms with van der Waals surface area (Å²) in [5, 5.41) is 0. The van der Waals surface area contributed by atoms with Gasteiger partial charge >= 0.3 is 0 Å². The van der Waals surface area contributed by atoms with Crippen molar-refractivity contribution in [3.8, 4) is 0 Å². The molecule has 3 atom stereocenters. The Bertz CT molecular complexity index is 154. The van der Waals surface area contributed by atoms with E-state index >= 15 is 0 Å². The number of rotatable bonds is 4. The van der Waals surface area contributed by atoms with E-state index in [-0.39, 0.29) is 0 Å². The van der Waals surface area contributed by atoms with Gasteiger partial charge in [0.15, 0.2) is 0 Å². The lowest BCUT2D eigenvalue weighted by atomic mass is 9.85. The third-order valence-corrected chi connectivity index (χ3v) is 3.26. The van der Waals surface area contributed by atoms with E-state index in [9.17, 15) is 0 Å². The molecule has 0 aromatic heterocycles. The van der Waals surface area contributed by atoms with Crippen molar-refractivity contribution in [2.75, 3.05) is 13.2 Å². The van der Waals surface area contributed by atoms with Crippen LogP contribution in [0.5, 0.6) is 0 Å². The smallest absolute Gasteiger partial charge is 0.104 e. The Labute approximate surface area is 80.6 Å². The van der Waals surface area contributed by atoms with Gasteiger partial charge in [0.05, 0.1) is 19.3 Å². The van der Waals surface area contributed by atoms with Gasteiger partial charge in [-0.15, -0.1) is 0 Å². The van der Waals surface area contributed by atoms with Gasteiger partial charge in [0, 0.05) is 0 Å². The van der Waals surface area contributed by atoms with E-state index in [2.05, 4.69) is 6.92 Å². The highest BCUT2D eigenvalue weighted by molar-refractivity contribution is 4.77. The van der Waals surface area contributed by atoms with Crippen LogP contribution in [0, 0.1) is 5.92 Å². The first kappa shape index (κ1) is 9.47. The number of hydrogen-bond acceptors (Lipinski definition) is 2. The van der Waals surface area contributed by atoms with Gasteiger partial charge in [-0.2, -0.15) is 0 Å². The number of epoxide rings is 1. The molecule has 76 valence electrons. The molecule has 0 bridgehead atoms. The molecule has 0 spiro atoms. The molecule has 1 aliphatic heterocycles. The summed E-state index contributed by atoms with van der Waals surface area (Å²) < 4.78 is 11.0. The minimum Gasteiger partial charge on any atom is -0.375 e. The third kappa shape index (κ3) is 2.68. The first-order valence-corrected chi connectivity index (χ1v) is 5.63. The van der Waals surface area contributed by atoms with Gasteiger partial charge in [-0.25, -0.2) is 0 Å². The number of ether oxygens (including phenoxy) is 2. The topological polar surface area (TPSA) is 21.8 Å². The average Bonchev–Trinajstić information content (AvgIpc) is 2.99. The maximum atomic E-state index is 5.89. The van der Waals surface area contributed by atoms with E-state index in [4.69, 9.17) is 9.47 Å². The molecule has 1 heterocycles. The SMILES string of the molecule is CCC1CCCCC1OCC1CO1. The zero-order valence-corrected chi connectivity index (χ0v) is 8.50. The first-order valence-electron chi connectivity index (χ1n) is 5.63. The average molecular weight is 184 g/mol. The van der Waals surface area contributed by atoms with Crippen LogP contribution >= 0.6 is 0 Å². The lowest BCUT2D eigenvalue weighted by Gasteiger charge is -2.30. The van der Waals surface area contributed by atoms with Crippen molar-refractivity contribution in [1.29, 1.82) is 0 Å². The summed E-state index contributed by atoms with van der Waals surface area (Å²) in [6.07, 6.45) is 7.63. The first-order chi connectivity index (χ1) is 6.40. The van der Waals surface area contributed by atoms with Crippen LogP contribution in [-0.4, -0.2) is 25.4 Å². The molecular weight excluding hydrogens is 164 g/mol. The molecule has 0 aromatic rings. The molecule has 2 fully saturated rings. The van der Waals surface area contributed by atoms with Gasteiger partial charge in [0.25, 0.3) is 0 Å². The van der Waals surface area contributed by atoms with Gasteiger partial charge in [0.1, 0.15) is 6.10 Å². The molecule has 2 heteroatoms. The van der Waals surface area contributed by atoms with Gasteiger partial charge < -0.3 is 9.47 Å². The second-order valence-electron chi connectivity index (χ2n) is 4.28. The molecule has 1 saturated carbocycles. The molecule has 0 radical (unpaired) electrons. The van der Waals surface area contributed by atoms with E-state index in [0.717, 1.165) is 19.1 Å². The van der Waals surface area contributed by atoms with E-state index in [1.54, 1.807) is 0 Å². The van der Waals surface area contributed by atoms with Crippen molar-refractivity contribution in [2.24, 2.45) is 5.92 Å². The van der Waals surface area contributed by atoms with Gasteiger partial charge in [0.2, 0.25) is 0 Å². The Balaban J connectivity index is 1.72. The second-order valence-corrected chi connectivity index (χ2v) is 4.28. The highest BCUT2D eigenvalue weighted by Gasteiger charge is 2.28. The fourth-order valence-corrected chi connectivity index (χ4v) is 2.26. The standard InChI is InChI=1S/C11H20O2/c1-2-9-5-3-4-6-11(9)13-8-10-7-12-10/h9-11H,2-8H2,1H3. The molecule has 2 aliphatic rings. The molecule has 0 aromatic carbocycles. The molecule has 13 heavy (non-hydrogen) atoms. The van der Waals surface area contributed by atoms with Crippen LogP contribution in [0.3, 0.4) is 0 Å². The van der Waals surface area contributed by atoms with Crippen LogP contribution in [-0.2, 0) is 9.47 Å². The van der Waals surface area contributed by atoms with E-state index in [0.29, 0.717) is 12.2 Å². The zero-order chi connectivity index (χ0) is 9.10. The fraction of sp³-hybridized carbons (Fsp3) is 1.00. The van der Waals surface area contributed by atoms with E-state index in [1.165, 1.54) is 32.1 Å². The van der Waals surface area contributed by atoms with Crippen molar-refractivity contribution in [2.45, 2.75) is 51.2 Å². The van der Waals surface area contributed by atoms with Gasteiger partial charge in [-0.05, 0) is 18.8 Å². The maximum absolute atomic E-state index is 5.89. The lowest BCUT2D eigenvalue weighted by Crippen LogP contribution is -2.28. The summed E-state index contributed by atoms with van der Waals surface area (Å²) in [6, 6.07) is 0. The fourth-order valence-electron chi connectivity index (χ4n) is 2.26. The van der Waals surface area contributed by atoms with Crippen LogP contribution < -0.4 is 0 Å². The monoisotopic (exact) mass is 184 g/mol. The van der Waals surface area contributed by atoms with Gasteiger partial charge in [-0.3, -0.25) is 0 Å². The Hall–Kier alpha value is -0.0800. The minimum absolute atomic E-state index is 0.430. The van der Waals surface area contributed by atoms with Crippen molar-refractivity contribution >= 4 is 0 Å². The summed E-state index contributed by atoms with van der Waals surface area (Å²) in [6.45, 7) is 4.03. The molecular formula is C11H20O2. The van der Waals surface area contributed by atoms with Crippen LogP contribution in [0.2, 0.25) is 0 Å². The summed E-state index contributed by atoms with van der Waals surface area (Å²) in [5.41, 5.74) is 0. The normalized spacial score (nSPS) is 39.0. The van der Waals surface area contributed by atoms with Crippen molar-refractivity contribution in [1.82, 2.24) is 0 Å². The molecule has 2 nitrogen and oxygen atoms in total. The van der Waals surface area contributed by atoms with Crippen molar-refractivity contribution in [3.63, 3.8) is 0 Å². The Morgan fingerprint density at radius 2 is 2.08 bits per heavy atom. The Morgan fingerprint density at radius 3 is 2.77 bits per heavy atom. The van der Waals surface area contributed by atoms with E-state index in [1.807, 2.05) is 0 Å². The summed E-state index contributed by atoms with van der Waals surface area (Å²) in [7, 11) is 0. The van der Waals surface area contributed by atoms with Crippen molar-refractivity contribution in [3.05, 3.63) is 0 Å². The number of hydrogen-bond donors (Lipinski definition) is 0. The van der Waals surface area contributed by atoms with Crippen LogP contribution in [0.4, 0.5) is 0 Å². The molecule has 0 N–H and O–H groups in total. The predicted octanol–water partition coefficient (Wildman–Crippen LogP) is 2.37. The summed E-state index contributed by atoms with van der Waals surface area (Å²) in [5.74, 6) is 0.812. The Morgan fingerprint density at radius 1 is 1.31 bits per heavy atom. The highest BCUT2D eigenvalue weighted by Crippen LogP contribution is 2.29. The molecule has 0 amide bonds. The zero-order valence-electron chi connectivity index (χ0n) is 8.50. The Kier molecular flexibility index (Phi) is 3.23. The molecule has 1 saturated heterocycles. The van der Waals surface area contributed by atoms with Crippen LogP contribution in [0.1, 0.15) is 39.0 Å². The van der Waals surface area contributed by atoms with E-state index < -0.39 is 0 Å². The molecule has 3 unspecified atom stereocenters. The summed E-state index contributed by atoms with van der Waals surface area (Å²) >= 11 is 0. The molecule has 1 aliphatic carbocycles.